The van der Waals surface area contributed by atoms with Crippen LogP contribution in [0.15, 0.2) is 0 Å². The molecule has 10 heavy (non-hydrogen) atoms. The standard InChI is InChI=1S/C6H13N3O/c1-7-4-6(10)9-5-2-8-3-5/h5,7-8H,2-4H2,1H3,(H,9,10). The summed E-state index contributed by atoms with van der Waals surface area (Å²) >= 11 is 0. The van der Waals surface area contributed by atoms with Gasteiger partial charge in [-0.05, 0) is 7.05 Å². The maximum Gasteiger partial charge on any atom is 0.234 e. The van der Waals surface area contributed by atoms with Crippen LogP contribution in [0, 0.1) is 0 Å². The van der Waals surface area contributed by atoms with Crippen LogP contribution < -0.4 is 16.0 Å². The fourth-order valence-corrected chi connectivity index (χ4v) is 0.830. The van der Waals surface area contributed by atoms with Gasteiger partial charge in [0.15, 0.2) is 0 Å². The third kappa shape index (κ3) is 1.97. The molecule has 1 aliphatic rings. The first kappa shape index (κ1) is 7.50. The molecule has 1 fully saturated rings. The second kappa shape index (κ2) is 3.53. The van der Waals surface area contributed by atoms with Crippen molar-refractivity contribution in [3.63, 3.8) is 0 Å². The number of carbonyl (C=O) groups excluding carboxylic acids is 1. The molecule has 0 aromatic carbocycles. The highest BCUT2D eigenvalue weighted by Crippen LogP contribution is 1.88. The third-order valence-electron chi connectivity index (χ3n) is 1.48. The van der Waals surface area contributed by atoms with Crippen molar-refractivity contribution in [2.24, 2.45) is 0 Å². The van der Waals surface area contributed by atoms with Crippen LogP contribution in [-0.2, 0) is 4.79 Å². The Morgan fingerprint density at radius 3 is 2.80 bits per heavy atom. The van der Waals surface area contributed by atoms with Gasteiger partial charge in [0.05, 0.1) is 12.6 Å². The summed E-state index contributed by atoms with van der Waals surface area (Å²) in [4.78, 5) is 10.8. The van der Waals surface area contributed by atoms with Crippen molar-refractivity contribution in [1.82, 2.24) is 16.0 Å². The molecule has 1 heterocycles. The average Bonchev–Trinajstić information content (AvgIpc) is 1.80. The van der Waals surface area contributed by atoms with Gasteiger partial charge in [-0.3, -0.25) is 4.79 Å². The lowest BCUT2D eigenvalue weighted by Crippen LogP contribution is -2.58. The molecule has 1 rings (SSSR count). The molecule has 58 valence electrons. The lowest BCUT2D eigenvalue weighted by atomic mass is 10.2. The summed E-state index contributed by atoms with van der Waals surface area (Å²) in [6, 6.07) is 0.362. The number of rotatable bonds is 3. The number of carbonyl (C=O) groups is 1. The summed E-state index contributed by atoms with van der Waals surface area (Å²) < 4.78 is 0. The molecule has 0 radical (unpaired) electrons. The Balaban J connectivity index is 2.05. The van der Waals surface area contributed by atoms with Gasteiger partial charge in [-0.2, -0.15) is 0 Å². The molecule has 3 N–H and O–H groups in total. The van der Waals surface area contributed by atoms with Crippen molar-refractivity contribution in [3.05, 3.63) is 0 Å². The largest absolute Gasteiger partial charge is 0.350 e. The predicted octanol–water partition coefficient (Wildman–Crippen LogP) is -1.71. The smallest absolute Gasteiger partial charge is 0.234 e. The van der Waals surface area contributed by atoms with Crippen molar-refractivity contribution < 1.29 is 4.79 Å². The van der Waals surface area contributed by atoms with Crippen LogP contribution in [0.1, 0.15) is 0 Å². The minimum absolute atomic E-state index is 0.0778. The van der Waals surface area contributed by atoms with Crippen LogP contribution in [0.5, 0.6) is 0 Å². The molecule has 0 saturated carbocycles. The van der Waals surface area contributed by atoms with Crippen molar-refractivity contribution in [2.45, 2.75) is 6.04 Å². The normalized spacial score (nSPS) is 18.1. The highest BCUT2D eigenvalue weighted by molar-refractivity contribution is 5.78. The van der Waals surface area contributed by atoms with Gasteiger partial charge >= 0.3 is 0 Å². The number of hydrogen-bond donors (Lipinski definition) is 3. The molecular formula is C6H13N3O. The van der Waals surface area contributed by atoms with Crippen LogP contribution in [0.3, 0.4) is 0 Å². The van der Waals surface area contributed by atoms with E-state index in [1.807, 2.05) is 0 Å². The average molecular weight is 143 g/mol. The van der Waals surface area contributed by atoms with Gasteiger partial charge in [-0.1, -0.05) is 0 Å². The molecule has 1 amide bonds. The van der Waals surface area contributed by atoms with E-state index < -0.39 is 0 Å². The zero-order valence-electron chi connectivity index (χ0n) is 6.11. The fraction of sp³-hybridized carbons (Fsp3) is 0.833. The molecule has 4 heteroatoms. The molecule has 4 nitrogen and oxygen atoms in total. The molecule has 0 atom stereocenters. The predicted molar refractivity (Wildman–Crippen MR) is 38.7 cm³/mol. The highest BCUT2D eigenvalue weighted by atomic mass is 16.2. The van der Waals surface area contributed by atoms with E-state index in [4.69, 9.17) is 0 Å². The number of amides is 1. The van der Waals surface area contributed by atoms with Crippen LogP contribution in [0.2, 0.25) is 0 Å². The molecule has 0 aromatic heterocycles. The molecule has 0 aromatic rings. The van der Waals surface area contributed by atoms with E-state index in [2.05, 4.69) is 16.0 Å². The molecule has 0 spiro atoms. The number of nitrogens with one attached hydrogen (secondary N) is 3. The third-order valence-corrected chi connectivity index (χ3v) is 1.48. The Morgan fingerprint density at radius 2 is 2.40 bits per heavy atom. The van der Waals surface area contributed by atoms with Gasteiger partial charge in [-0.25, -0.2) is 0 Å². The molecule has 0 aliphatic carbocycles. The van der Waals surface area contributed by atoms with E-state index in [0.717, 1.165) is 13.1 Å². The summed E-state index contributed by atoms with van der Waals surface area (Å²) in [6.45, 7) is 2.24. The van der Waals surface area contributed by atoms with Crippen molar-refractivity contribution >= 4 is 5.91 Å². The summed E-state index contributed by atoms with van der Waals surface area (Å²) in [5.74, 6) is 0.0778. The van der Waals surface area contributed by atoms with Crippen molar-refractivity contribution in [1.29, 1.82) is 0 Å². The minimum Gasteiger partial charge on any atom is -0.350 e. The Kier molecular flexibility index (Phi) is 2.65. The van der Waals surface area contributed by atoms with Gasteiger partial charge in [0.2, 0.25) is 5.91 Å². The van der Waals surface area contributed by atoms with E-state index in [9.17, 15) is 4.79 Å². The summed E-state index contributed by atoms with van der Waals surface area (Å²) in [5.41, 5.74) is 0. The summed E-state index contributed by atoms with van der Waals surface area (Å²) in [5, 5.41) is 8.72. The van der Waals surface area contributed by atoms with Gasteiger partial charge in [0.1, 0.15) is 0 Å². The maximum absolute atomic E-state index is 10.8. The summed E-state index contributed by atoms with van der Waals surface area (Å²) in [6.07, 6.45) is 0. The monoisotopic (exact) mass is 143 g/mol. The SMILES string of the molecule is CNCC(=O)NC1CNC1. The second-order valence-electron chi connectivity index (χ2n) is 2.45. The Labute approximate surface area is 60.4 Å². The summed E-state index contributed by atoms with van der Waals surface area (Å²) in [7, 11) is 1.76. The zero-order chi connectivity index (χ0) is 7.40. The first-order chi connectivity index (χ1) is 4.83. The lowest BCUT2D eigenvalue weighted by Gasteiger charge is -2.27. The Morgan fingerprint density at radius 1 is 1.70 bits per heavy atom. The Hall–Kier alpha value is -0.610. The first-order valence-electron chi connectivity index (χ1n) is 3.47. The fourth-order valence-electron chi connectivity index (χ4n) is 0.830. The van der Waals surface area contributed by atoms with Gasteiger partial charge in [0.25, 0.3) is 0 Å². The molecule has 1 saturated heterocycles. The maximum atomic E-state index is 10.8. The van der Waals surface area contributed by atoms with Crippen molar-refractivity contribution in [2.75, 3.05) is 26.7 Å². The lowest BCUT2D eigenvalue weighted by molar-refractivity contribution is -0.121. The van der Waals surface area contributed by atoms with Crippen LogP contribution in [0.25, 0.3) is 0 Å². The van der Waals surface area contributed by atoms with Gasteiger partial charge in [-0.15, -0.1) is 0 Å². The van der Waals surface area contributed by atoms with Gasteiger partial charge < -0.3 is 16.0 Å². The minimum atomic E-state index is 0.0778. The van der Waals surface area contributed by atoms with Crippen LogP contribution in [-0.4, -0.2) is 38.6 Å². The molecular weight excluding hydrogens is 130 g/mol. The number of likely N-dealkylation sites (N-methyl/N-ethyl adjacent to an activating group) is 1. The van der Waals surface area contributed by atoms with Crippen LogP contribution in [0.4, 0.5) is 0 Å². The Bertz CT molecular complexity index is 122. The first-order valence-corrected chi connectivity index (χ1v) is 3.47. The molecule has 0 unspecified atom stereocenters. The van der Waals surface area contributed by atoms with E-state index >= 15 is 0 Å². The molecule has 0 bridgehead atoms. The quantitative estimate of drug-likeness (QED) is 0.441. The topological polar surface area (TPSA) is 53.2 Å². The van der Waals surface area contributed by atoms with Gasteiger partial charge in [0, 0.05) is 13.1 Å². The van der Waals surface area contributed by atoms with E-state index in [-0.39, 0.29) is 5.91 Å². The highest BCUT2D eigenvalue weighted by Gasteiger charge is 2.17. The van der Waals surface area contributed by atoms with E-state index in [1.165, 1.54) is 0 Å². The number of hydrogen-bond acceptors (Lipinski definition) is 3. The zero-order valence-corrected chi connectivity index (χ0v) is 6.11. The van der Waals surface area contributed by atoms with E-state index in [1.54, 1.807) is 7.05 Å². The van der Waals surface area contributed by atoms with E-state index in [0.29, 0.717) is 12.6 Å². The van der Waals surface area contributed by atoms with Crippen LogP contribution >= 0.6 is 0 Å². The second-order valence-corrected chi connectivity index (χ2v) is 2.45. The van der Waals surface area contributed by atoms with Crippen molar-refractivity contribution in [3.8, 4) is 0 Å². The molecule has 1 aliphatic heterocycles.